The highest BCUT2D eigenvalue weighted by atomic mass is 79.9. The van der Waals surface area contributed by atoms with Crippen molar-refractivity contribution in [1.29, 1.82) is 5.26 Å². The topological polar surface area (TPSA) is 45.0 Å². The molecule has 21 heavy (non-hydrogen) atoms. The molecule has 2 aromatic rings. The van der Waals surface area contributed by atoms with Gasteiger partial charge in [0, 0.05) is 12.2 Å². The smallest absolute Gasteiger partial charge is 0.133 e. The Bertz CT molecular complexity index is 632. The average Bonchev–Trinajstić information content (AvgIpc) is 2.53. The minimum Gasteiger partial charge on any atom is -0.496 e. The molecule has 0 fully saturated rings. The van der Waals surface area contributed by atoms with E-state index in [-0.39, 0.29) is 0 Å². The van der Waals surface area contributed by atoms with Crippen LogP contribution in [0.5, 0.6) is 5.75 Å². The highest BCUT2D eigenvalue weighted by Gasteiger charge is 2.01. The van der Waals surface area contributed by atoms with E-state index in [0.717, 1.165) is 35.3 Å². The van der Waals surface area contributed by atoms with Gasteiger partial charge in [0.2, 0.25) is 0 Å². The molecule has 0 aliphatic rings. The van der Waals surface area contributed by atoms with E-state index in [1.54, 1.807) is 7.11 Å². The minimum absolute atomic E-state index is 0.683. The first-order chi connectivity index (χ1) is 10.2. The predicted molar refractivity (Wildman–Crippen MR) is 88.7 cm³/mol. The fourth-order valence-corrected chi connectivity index (χ4v) is 2.46. The van der Waals surface area contributed by atoms with Crippen molar-refractivity contribution in [2.45, 2.75) is 12.8 Å². The molecule has 4 heteroatoms. The third-order valence-electron chi connectivity index (χ3n) is 3.20. The van der Waals surface area contributed by atoms with Crippen LogP contribution in [0, 0.1) is 11.3 Å². The predicted octanol–water partition coefficient (Wildman–Crippen LogP) is 4.37. The zero-order valence-corrected chi connectivity index (χ0v) is 13.5. The summed E-state index contributed by atoms with van der Waals surface area (Å²) in [7, 11) is 1.68. The molecule has 2 rings (SSSR count). The Morgan fingerprint density at radius 2 is 1.95 bits per heavy atom. The fraction of sp³-hybridized carbons (Fsp3) is 0.235. The van der Waals surface area contributed by atoms with Crippen LogP contribution in [0.4, 0.5) is 5.69 Å². The summed E-state index contributed by atoms with van der Waals surface area (Å²) in [5, 5.41) is 12.1. The summed E-state index contributed by atoms with van der Waals surface area (Å²) in [4.78, 5) is 0. The number of hydrogen-bond acceptors (Lipinski definition) is 3. The second-order valence-electron chi connectivity index (χ2n) is 4.69. The first kappa shape index (κ1) is 15.4. The molecule has 3 nitrogen and oxygen atoms in total. The second kappa shape index (κ2) is 7.70. The number of rotatable bonds is 6. The Kier molecular flexibility index (Phi) is 5.65. The van der Waals surface area contributed by atoms with Gasteiger partial charge in [-0.2, -0.15) is 5.26 Å². The SMILES string of the molecule is COc1cc(CCCNc2ccc(C#N)cc2)ccc1Br. The monoisotopic (exact) mass is 344 g/mol. The lowest BCUT2D eigenvalue weighted by Gasteiger charge is -2.08. The summed E-state index contributed by atoms with van der Waals surface area (Å²) < 4.78 is 6.27. The standard InChI is InChI=1S/C17H17BrN2O/c1-21-17-11-13(6-9-16(17)18)3-2-10-20-15-7-4-14(12-19)5-8-15/h4-9,11,20H,2-3,10H2,1H3. The number of nitrogens with zero attached hydrogens (tertiary/aromatic N) is 1. The van der Waals surface area contributed by atoms with Crippen molar-refractivity contribution >= 4 is 21.6 Å². The third kappa shape index (κ3) is 4.51. The number of nitriles is 1. The highest BCUT2D eigenvalue weighted by Crippen LogP contribution is 2.26. The van der Waals surface area contributed by atoms with Crippen molar-refractivity contribution in [2.75, 3.05) is 19.0 Å². The van der Waals surface area contributed by atoms with Gasteiger partial charge >= 0.3 is 0 Å². The average molecular weight is 345 g/mol. The number of ether oxygens (including phenoxy) is 1. The van der Waals surface area contributed by atoms with Crippen LogP contribution in [0.1, 0.15) is 17.5 Å². The molecular weight excluding hydrogens is 328 g/mol. The number of hydrogen-bond donors (Lipinski definition) is 1. The summed E-state index contributed by atoms with van der Waals surface area (Å²) in [6.45, 7) is 0.893. The molecule has 0 radical (unpaired) electrons. The summed E-state index contributed by atoms with van der Waals surface area (Å²) in [5.74, 6) is 0.868. The van der Waals surface area contributed by atoms with E-state index in [9.17, 15) is 0 Å². The van der Waals surface area contributed by atoms with E-state index in [2.05, 4.69) is 39.4 Å². The van der Waals surface area contributed by atoms with Crippen LogP contribution in [0.25, 0.3) is 0 Å². The molecule has 1 N–H and O–H groups in total. The van der Waals surface area contributed by atoms with Crippen molar-refractivity contribution in [3.63, 3.8) is 0 Å². The van der Waals surface area contributed by atoms with Gasteiger partial charge in [-0.25, -0.2) is 0 Å². The van der Waals surface area contributed by atoms with Crippen LogP contribution < -0.4 is 10.1 Å². The van der Waals surface area contributed by atoms with Gasteiger partial charge in [-0.15, -0.1) is 0 Å². The van der Waals surface area contributed by atoms with Crippen LogP contribution in [-0.2, 0) is 6.42 Å². The van der Waals surface area contributed by atoms with E-state index in [0.29, 0.717) is 5.56 Å². The lowest BCUT2D eigenvalue weighted by Crippen LogP contribution is -2.03. The summed E-state index contributed by atoms with van der Waals surface area (Å²) in [5.41, 5.74) is 2.99. The number of aryl methyl sites for hydroxylation is 1. The summed E-state index contributed by atoms with van der Waals surface area (Å²) in [6.07, 6.45) is 2.03. The first-order valence-corrected chi connectivity index (χ1v) is 7.58. The van der Waals surface area contributed by atoms with Gasteiger partial charge in [-0.1, -0.05) is 6.07 Å². The second-order valence-corrected chi connectivity index (χ2v) is 5.54. The Balaban J connectivity index is 1.80. The van der Waals surface area contributed by atoms with Crippen LogP contribution >= 0.6 is 15.9 Å². The van der Waals surface area contributed by atoms with Gasteiger partial charge in [0.1, 0.15) is 5.75 Å². The summed E-state index contributed by atoms with van der Waals surface area (Å²) >= 11 is 3.45. The molecule has 0 saturated heterocycles. The van der Waals surface area contributed by atoms with Crippen molar-refractivity contribution < 1.29 is 4.74 Å². The molecule has 108 valence electrons. The van der Waals surface area contributed by atoms with Crippen molar-refractivity contribution in [3.8, 4) is 11.8 Å². The van der Waals surface area contributed by atoms with Crippen LogP contribution in [0.15, 0.2) is 46.9 Å². The van der Waals surface area contributed by atoms with Gasteiger partial charge in [0.25, 0.3) is 0 Å². The largest absolute Gasteiger partial charge is 0.496 e. The normalized spacial score (nSPS) is 9.95. The molecule has 0 atom stereocenters. The Hall–Kier alpha value is -1.99. The van der Waals surface area contributed by atoms with Crippen molar-refractivity contribution in [3.05, 3.63) is 58.1 Å². The van der Waals surface area contributed by atoms with Crippen molar-refractivity contribution in [1.82, 2.24) is 0 Å². The van der Waals surface area contributed by atoms with Crippen LogP contribution in [0.2, 0.25) is 0 Å². The molecule has 0 heterocycles. The van der Waals surface area contributed by atoms with E-state index in [1.165, 1.54) is 5.56 Å². The number of halogens is 1. The number of benzene rings is 2. The lowest BCUT2D eigenvalue weighted by molar-refractivity contribution is 0.411. The van der Waals surface area contributed by atoms with Crippen molar-refractivity contribution in [2.24, 2.45) is 0 Å². The maximum absolute atomic E-state index is 8.75. The quantitative estimate of drug-likeness (QED) is 0.791. The van der Waals surface area contributed by atoms with E-state index in [4.69, 9.17) is 10.00 Å². The molecular formula is C17H17BrN2O. The van der Waals surface area contributed by atoms with Gasteiger partial charge < -0.3 is 10.1 Å². The zero-order chi connectivity index (χ0) is 15.1. The minimum atomic E-state index is 0.683. The molecule has 0 saturated carbocycles. The van der Waals surface area contributed by atoms with E-state index in [1.807, 2.05) is 30.3 Å². The number of nitrogens with one attached hydrogen (secondary N) is 1. The Morgan fingerprint density at radius 3 is 2.62 bits per heavy atom. The van der Waals surface area contributed by atoms with Gasteiger partial charge in [0.15, 0.2) is 0 Å². The molecule has 0 amide bonds. The molecule has 0 unspecified atom stereocenters. The first-order valence-electron chi connectivity index (χ1n) is 6.79. The molecule has 0 aromatic heterocycles. The Labute approximate surface area is 133 Å². The highest BCUT2D eigenvalue weighted by molar-refractivity contribution is 9.10. The number of anilines is 1. The fourth-order valence-electron chi connectivity index (χ4n) is 2.05. The third-order valence-corrected chi connectivity index (χ3v) is 3.86. The van der Waals surface area contributed by atoms with Gasteiger partial charge in [-0.05, 0) is 70.7 Å². The zero-order valence-electron chi connectivity index (χ0n) is 11.9. The van der Waals surface area contributed by atoms with E-state index < -0.39 is 0 Å². The summed E-state index contributed by atoms with van der Waals surface area (Å²) in [6, 6.07) is 15.8. The van der Waals surface area contributed by atoms with Gasteiger partial charge in [-0.3, -0.25) is 0 Å². The number of methoxy groups -OCH3 is 1. The molecule has 0 bridgehead atoms. The van der Waals surface area contributed by atoms with Gasteiger partial charge in [0.05, 0.1) is 23.2 Å². The molecule has 2 aromatic carbocycles. The molecule has 0 aliphatic heterocycles. The maximum atomic E-state index is 8.75. The van der Waals surface area contributed by atoms with E-state index >= 15 is 0 Å². The maximum Gasteiger partial charge on any atom is 0.133 e. The molecule has 0 spiro atoms. The Morgan fingerprint density at radius 1 is 1.19 bits per heavy atom. The van der Waals surface area contributed by atoms with Crippen LogP contribution in [0.3, 0.4) is 0 Å². The van der Waals surface area contributed by atoms with Crippen LogP contribution in [-0.4, -0.2) is 13.7 Å². The lowest BCUT2D eigenvalue weighted by atomic mass is 10.1. The molecule has 0 aliphatic carbocycles.